The summed E-state index contributed by atoms with van der Waals surface area (Å²) in [4.78, 5) is 14.8. The smallest absolute Gasteiger partial charge is 0.223 e. The molecule has 0 unspecified atom stereocenters. The number of hydrogen-bond donors (Lipinski definition) is 1. The summed E-state index contributed by atoms with van der Waals surface area (Å²) < 4.78 is 5.27. The number of nitrogens with zero attached hydrogens (tertiary/aromatic N) is 3. The van der Waals surface area contributed by atoms with Crippen LogP contribution in [0.3, 0.4) is 0 Å². The monoisotopic (exact) mass is 380 g/mol. The molecule has 0 bridgehead atoms. The maximum absolute atomic E-state index is 5.27. The molecule has 1 N–H and O–H groups in total. The van der Waals surface area contributed by atoms with Crippen LogP contribution in [0.1, 0.15) is 5.56 Å². The highest BCUT2D eigenvalue weighted by Crippen LogP contribution is 2.34. The minimum Gasteiger partial charge on any atom is -0.497 e. The SMILES string of the molecule is COc1cccc(CNc2ncc(-c3cccs3)c(-c3nccs3)n2)c1. The fourth-order valence-corrected chi connectivity index (χ4v) is 3.92. The number of ether oxygens (including phenoxy) is 1. The zero-order chi connectivity index (χ0) is 17.8. The van der Waals surface area contributed by atoms with Crippen LogP contribution in [0.4, 0.5) is 5.95 Å². The van der Waals surface area contributed by atoms with Gasteiger partial charge in [-0.05, 0) is 29.1 Å². The molecule has 5 nitrogen and oxygen atoms in total. The quantitative estimate of drug-likeness (QED) is 0.513. The number of nitrogens with one attached hydrogen (secondary N) is 1. The molecule has 3 heterocycles. The summed E-state index contributed by atoms with van der Waals surface area (Å²) >= 11 is 3.24. The van der Waals surface area contributed by atoms with Gasteiger partial charge in [0.05, 0.1) is 7.11 Å². The van der Waals surface area contributed by atoms with Gasteiger partial charge in [-0.3, -0.25) is 0 Å². The zero-order valence-corrected chi connectivity index (χ0v) is 15.7. The van der Waals surface area contributed by atoms with Gasteiger partial charge < -0.3 is 10.1 Å². The predicted octanol–water partition coefficient (Wildman–Crippen LogP) is 4.95. The number of benzene rings is 1. The molecule has 0 aliphatic carbocycles. The van der Waals surface area contributed by atoms with Gasteiger partial charge in [-0.2, -0.15) is 0 Å². The van der Waals surface area contributed by atoms with Crippen molar-refractivity contribution < 1.29 is 4.74 Å². The van der Waals surface area contributed by atoms with Crippen LogP contribution in [0.25, 0.3) is 21.1 Å². The molecule has 0 fully saturated rings. The standard InChI is InChI=1S/C19H16N4OS2/c1-24-14-5-2-4-13(10-14)11-21-19-22-12-15(16-6-3-8-25-16)17(23-19)18-20-7-9-26-18/h2-10,12H,11H2,1H3,(H,21,22,23). The van der Waals surface area contributed by atoms with Gasteiger partial charge in [0.15, 0.2) is 0 Å². The van der Waals surface area contributed by atoms with E-state index in [1.807, 2.05) is 41.9 Å². The molecule has 0 amide bonds. The second-order valence-electron chi connectivity index (χ2n) is 5.48. The Hall–Kier alpha value is -2.77. The average Bonchev–Trinajstić information content (AvgIpc) is 3.40. The minimum absolute atomic E-state index is 0.582. The van der Waals surface area contributed by atoms with Crippen molar-refractivity contribution in [1.82, 2.24) is 15.0 Å². The van der Waals surface area contributed by atoms with Crippen LogP contribution >= 0.6 is 22.7 Å². The van der Waals surface area contributed by atoms with Gasteiger partial charge in [0.1, 0.15) is 16.5 Å². The molecular formula is C19H16N4OS2. The zero-order valence-electron chi connectivity index (χ0n) is 14.0. The summed E-state index contributed by atoms with van der Waals surface area (Å²) in [6.45, 7) is 0.618. The van der Waals surface area contributed by atoms with Gasteiger partial charge in [0, 0.05) is 34.8 Å². The normalized spacial score (nSPS) is 10.7. The number of aromatic nitrogens is 3. The highest BCUT2D eigenvalue weighted by Gasteiger charge is 2.14. The largest absolute Gasteiger partial charge is 0.497 e. The van der Waals surface area contributed by atoms with Gasteiger partial charge >= 0.3 is 0 Å². The maximum atomic E-state index is 5.27. The molecule has 0 spiro atoms. The highest BCUT2D eigenvalue weighted by atomic mass is 32.1. The van der Waals surface area contributed by atoms with E-state index < -0.39 is 0 Å². The average molecular weight is 380 g/mol. The summed E-state index contributed by atoms with van der Waals surface area (Å²) in [6.07, 6.45) is 3.66. The van der Waals surface area contributed by atoms with Crippen LogP contribution in [0.2, 0.25) is 0 Å². The molecule has 0 radical (unpaired) electrons. The van der Waals surface area contributed by atoms with E-state index in [1.165, 1.54) is 0 Å². The van der Waals surface area contributed by atoms with Crippen LogP contribution in [0.5, 0.6) is 5.75 Å². The molecule has 3 aromatic heterocycles. The molecule has 0 aliphatic rings. The minimum atomic E-state index is 0.582. The molecule has 0 atom stereocenters. The maximum Gasteiger partial charge on any atom is 0.223 e. The van der Waals surface area contributed by atoms with Gasteiger partial charge in [-0.15, -0.1) is 22.7 Å². The molecule has 1 aromatic carbocycles. The Morgan fingerprint density at radius 2 is 2.04 bits per heavy atom. The van der Waals surface area contributed by atoms with Crippen LogP contribution in [-0.2, 0) is 6.54 Å². The van der Waals surface area contributed by atoms with Gasteiger partial charge in [0.2, 0.25) is 5.95 Å². The molecule has 26 heavy (non-hydrogen) atoms. The Morgan fingerprint density at radius 3 is 2.81 bits per heavy atom. The molecule has 0 saturated heterocycles. The van der Waals surface area contributed by atoms with E-state index in [4.69, 9.17) is 9.72 Å². The lowest BCUT2D eigenvalue weighted by atomic mass is 10.2. The highest BCUT2D eigenvalue weighted by molar-refractivity contribution is 7.14. The molecule has 4 aromatic rings. The molecule has 0 aliphatic heterocycles. The van der Waals surface area contributed by atoms with Crippen molar-refractivity contribution >= 4 is 28.6 Å². The van der Waals surface area contributed by atoms with Crippen LogP contribution < -0.4 is 10.1 Å². The topological polar surface area (TPSA) is 59.9 Å². The Kier molecular flexibility index (Phi) is 4.90. The Balaban J connectivity index is 1.62. The predicted molar refractivity (Wildman–Crippen MR) is 107 cm³/mol. The van der Waals surface area contributed by atoms with Crippen LogP contribution in [0, 0.1) is 0 Å². The summed E-state index contributed by atoms with van der Waals surface area (Å²) in [6, 6.07) is 12.0. The lowest BCUT2D eigenvalue weighted by Crippen LogP contribution is -2.05. The van der Waals surface area contributed by atoms with E-state index in [1.54, 1.807) is 36.0 Å². The molecule has 0 saturated carbocycles. The summed E-state index contributed by atoms with van der Waals surface area (Å²) in [7, 11) is 1.67. The number of thiazole rings is 1. The first-order valence-electron chi connectivity index (χ1n) is 8.01. The van der Waals surface area contributed by atoms with E-state index in [-0.39, 0.29) is 0 Å². The third-order valence-corrected chi connectivity index (χ3v) is 5.48. The summed E-state index contributed by atoms with van der Waals surface area (Å²) in [5, 5.41) is 8.19. The van der Waals surface area contributed by atoms with Crippen molar-refractivity contribution in [3.05, 3.63) is 65.1 Å². The molecule has 4 rings (SSSR count). The molecule has 7 heteroatoms. The Morgan fingerprint density at radius 1 is 1.08 bits per heavy atom. The summed E-state index contributed by atoms with van der Waals surface area (Å²) in [5.41, 5.74) is 2.96. The van der Waals surface area contributed by atoms with Gasteiger partial charge in [-0.1, -0.05) is 18.2 Å². The van der Waals surface area contributed by atoms with Crippen molar-refractivity contribution in [2.75, 3.05) is 12.4 Å². The first-order valence-corrected chi connectivity index (χ1v) is 9.77. The second-order valence-corrected chi connectivity index (χ2v) is 7.32. The number of thiophene rings is 1. The fraction of sp³-hybridized carbons (Fsp3) is 0.105. The van der Waals surface area contributed by atoms with Gasteiger partial charge in [-0.25, -0.2) is 15.0 Å². The second kappa shape index (κ2) is 7.63. The third-order valence-electron chi connectivity index (χ3n) is 3.80. The van der Waals surface area contributed by atoms with E-state index in [9.17, 15) is 0 Å². The van der Waals surface area contributed by atoms with Crippen LogP contribution in [-0.4, -0.2) is 22.1 Å². The van der Waals surface area contributed by atoms with E-state index in [0.29, 0.717) is 12.5 Å². The number of rotatable bonds is 6. The lowest BCUT2D eigenvalue weighted by molar-refractivity contribution is 0.414. The Labute approximate surface area is 159 Å². The third kappa shape index (κ3) is 3.58. The van der Waals surface area contributed by atoms with E-state index in [2.05, 4.69) is 26.7 Å². The van der Waals surface area contributed by atoms with Crippen LogP contribution in [0.15, 0.2) is 59.6 Å². The number of methoxy groups -OCH3 is 1. The van der Waals surface area contributed by atoms with Crippen molar-refractivity contribution in [2.24, 2.45) is 0 Å². The van der Waals surface area contributed by atoms with Crippen molar-refractivity contribution in [3.8, 4) is 26.9 Å². The molecule has 130 valence electrons. The van der Waals surface area contributed by atoms with E-state index >= 15 is 0 Å². The van der Waals surface area contributed by atoms with Gasteiger partial charge in [0.25, 0.3) is 0 Å². The first kappa shape index (κ1) is 16.7. The van der Waals surface area contributed by atoms with Crippen molar-refractivity contribution in [2.45, 2.75) is 6.54 Å². The number of anilines is 1. The van der Waals surface area contributed by atoms with Crippen molar-refractivity contribution in [1.29, 1.82) is 0 Å². The van der Waals surface area contributed by atoms with Crippen molar-refractivity contribution in [3.63, 3.8) is 0 Å². The number of hydrogen-bond acceptors (Lipinski definition) is 7. The molecular weight excluding hydrogens is 364 g/mol. The van der Waals surface area contributed by atoms with E-state index in [0.717, 1.165) is 32.5 Å². The Bertz CT molecular complexity index is 985. The summed E-state index contributed by atoms with van der Waals surface area (Å²) in [5.74, 6) is 1.42. The lowest BCUT2D eigenvalue weighted by Gasteiger charge is -2.10. The fourth-order valence-electron chi connectivity index (χ4n) is 2.55. The first-order chi connectivity index (χ1) is 12.8.